The van der Waals surface area contributed by atoms with Crippen LogP contribution in [0.15, 0.2) is 67.3 Å². The molecule has 3 rings (SSSR count). The minimum Gasteiger partial charge on any atom is -0.491 e. The molecule has 0 radical (unpaired) electrons. The summed E-state index contributed by atoms with van der Waals surface area (Å²) >= 11 is 0. The number of ether oxygens (including phenoxy) is 1. The Morgan fingerprint density at radius 3 is 1.64 bits per heavy atom. The molecule has 2 aromatic heterocycles. The Morgan fingerprint density at radius 1 is 0.720 bits per heavy atom. The second kappa shape index (κ2) is 8.34. The number of aromatic nitrogens is 2. The van der Waals surface area contributed by atoms with Gasteiger partial charge in [0.05, 0.1) is 17.7 Å². The van der Waals surface area contributed by atoms with Crippen LogP contribution in [0.3, 0.4) is 0 Å². The van der Waals surface area contributed by atoms with Crippen molar-refractivity contribution in [2.45, 2.75) is 6.92 Å². The standard InChI is InChI=1S/C22H16N2O/c1-2-25-22-20(8-6-18-10-14-23-15-11-18)4-3-5-21(22)9-7-19-12-16-24-17-13-19/h3-5,10-17H,2H2,1H3. The minimum absolute atomic E-state index is 0.553. The maximum atomic E-state index is 5.82. The lowest BCUT2D eigenvalue weighted by molar-refractivity contribution is 0.338. The highest BCUT2D eigenvalue weighted by molar-refractivity contribution is 5.59. The first-order valence-corrected chi connectivity index (χ1v) is 7.96. The molecule has 3 aromatic rings. The van der Waals surface area contributed by atoms with Gasteiger partial charge in [-0.05, 0) is 43.3 Å². The molecule has 0 unspecified atom stereocenters. The Bertz CT molecular complexity index is 883. The van der Waals surface area contributed by atoms with Gasteiger partial charge in [0.1, 0.15) is 0 Å². The Labute approximate surface area is 147 Å². The molecule has 2 heterocycles. The number of pyridine rings is 2. The quantitative estimate of drug-likeness (QED) is 0.675. The molecule has 0 aliphatic carbocycles. The summed E-state index contributed by atoms with van der Waals surface area (Å²) < 4.78 is 5.82. The van der Waals surface area contributed by atoms with Crippen molar-refractivity contribution in [2.24, 2.45) is 0 Å². The first kappa shape index (κ1) is 16.3. The molecule has 0 atom stereocenters. The summed E-state index contributed by atoms with van der Waals surface area (Å²) in [5.41, 5.74) is 3.46. The second-order valence-corrected chi connectivity index (χ2v) is 5.09. The van der Waals surface area contributed by atoms with Gasteiger partial charge in [-0.25, -0.2) is 0 Å². The van der Waals surface area contributed by atoms with Gasteiger partial charge in [0.25, 0.3) is 0 Å². The van der Waals surface area contributed by atoms with Crippen molar-refractivity contribution in [1.82, 2.24) is 9.97 Å². The third-order valence-electron chi connectivity index (χ3n) is 3.35. The zero-order chi connectivity index (χ0) is 17.3. The maximum Gasteiger partial charge on any atom is 0.150 e. The highest BCUT2D eigenvalue weighted by Crippen LogP contribution is 2.23. The Kier molecular flexibility index (Phi) is 5.44. The van der Waals surface area contributed by atoms with Gasteiger partial charge in [-0.3, -0.25) is 9.97 Å². The number of benzene rings is 1. The van der Waals surface area contributed by atoms with E-state index in [9.17, 15) is 0 Å². The van der Waals surface area contributed by atoms with Crippen LogP contribution in [0.5, 0.6) is 5.75 Å². The van der Waals surface area contributed by atoms with Crippen LogP contribution in [-0.2, 0) is 0 Å². The summed E-state index contributed by atoms with van der Waals surface area (Å²) in [5, 5.41) is 0. The molecular weight excluding hydrogens is 308 g/mol. The first-order valence-electron chi connectivity index (χ1n) is 7.96. The molecule has 0 fully saturated rings. The molecule has 25 heavy (non-hydrogen) atoms. The zero-order valence-electron chi connectivity index (χ0n) is 13.9. The van der Waals surface area contributed by atoms with Crippen LogP contribution >= 0.6 is 0 Å². The van der Waals surface area contributed by atoms with Crippen molar-refractivity contribution in [3.8, 4) is 29.4 Å². The van der Waals surface area contributed by atoms with E-state index < -0.39 is 0 Å². The molecule has 120 valence electrons. The number of nitrogens with zero attached hydrogens (tertiary/aromatic N) is 2. The van der Waals surface area contributed by atoms with E-state index >= 15 is 0 Å². The van der Waals surface area contributed by atoms with Crippen molar-refractivity contribution < 1.29 is 4.74 Å². The lowest BCUT2D eigenvalue weighted by Gasteiger charge is -2.08. The topological polar surface area (TPSA) is 35.0 Å². The summed E-state index contributed by atoms with van der Waals surface area (Å²) in [7, 11) is 0. The van der Waals surface area contributed by atoms with Gasteiger partial charge in [-0.1, -0.05) is 29.7 Å². The summed E-state index contributed by atoms with van der Waals surface area (Å²) in [5.74, 6) is 13.3. The van der Waals surface area contributed by atoms with Crippen LogP contribution in [0.4, 0.5) is 0 Å². The monoisotopic (exact) mass is 324 g/mol. The smallest absolute Gasteiger partial charge is 0.150 e. The predicted octanol–water partition coefficient (Wildman–Crippen LogP) is 3.67. The van der Waals surface area contributed by atoms with Gasteiger partial charge < -0.3 is 4.74 Å². The third kappa shape index (κ3) is 4.47. The molecule has 0 aliphatic rings. The molecule has 0 spiro atoms. The fourth-order valence-corrected chi connectivity index (χ4v) is 2.18. The van der Waals surface area contributed by atoms with Gasteiger partial charge in [0, 0.05) is 35.9 Å². The van der Waals surface area contributed by atoms with Gasteiger partial charge >= 0.3 is 0 Å². The third-order valence-corrected chi connectivity index (χ3v) is 3.35. The van der Waals surface area contributed by atoms with E-state index in [1.54, 1.807) is 24.8 Å². The highest BCUT2D eigenvalue weighted by atomic mass is 16.5. The molecule has 3 heteroatoms. The molecule has 1 aromatic carbocycles. The van der Waals surface area contributed by atoms with Gasteiger partial charge in [-0.2, -0.15) is 0 Å². The molecule has 0 aliphatic heterocycles. The molecule has 0 bridgehead atoms. The molecule has 0 saturated carbocycles. The Balaban J connectivity index is 1.98. The van der Waals surface area contributed by atoms with E-state index in [2.05, 4.69) is 33.6 Å². The van der Waals surface area contributed by atoms with E-state index in [4.69, 9.17) is 4.74 Å². The van der Waals surface area contributed by atoms with Crippen molar-refractivity contribution in [2.75, 3.05) is 6.61 Å². The Morgan fingerprint density at radius 2 is 1.20 bits per heavy atom. The summed E-state index contributed by atoms with van der Waals surface area (Å²) in [6, 6.07) is 13.3. The van der Waals surface area contributed by atoms with Crippen molar-refractivity contribution in [3.05, 3.63) is 89.5 Å². The van der Waals surface area contributed by atoms with Crippen LogP contribution in [0.25, 0.3) is 0 Å². The summed E-state index contributed by atoms with van der Waals surface area (Å²) in [6.07, 6.45) is 6.91. The van der Waals surface area contributed by atoms with Crippen molar-refractivity contribution >= 4 is 0 Å². The SMILES string of the molecule is CCOc1c(C#Cc2ccncc2)cccc1C#Cc1ccncc1. The van der Waals surface area contributed by atoms with E-state index in [0.717, 1.165) is 22.3 Å². The van der Waals surface area contributed by atoms with Gasteiger partial charge in [0.15, 0.2) is 5.75 Å². The van der Waals surface area contributed by atoms with E-state index in [1.807, 2.05) is 49.4 Å². The average molecular weight is 324 g/mol. The lowest BCUT2D eigenvalue weighted by atomic mass is 10.1. The van der Waals surface area contributed by atoms with Crippen LogP contribution in [-0.4, -0.2) is 16.6 Å². The second-order valence-electron chi connectivity index (χ2n) is 5.09. The first-order chi connectivity index (χ1) is 12.4. The summed E-state index contributed by atoms with van der Waals surface area (Å²) in [6.45, 7) is 2.50. The largest absolute Gasteiger partial charge is 0.491 e. The predicted molar refractivity (Wildman–Crippen MR) is 98.0 cm³/mol. The van der Waals surface area contributed by atoms with E-state index in [-0.39, 0.29) is 0 Å². The molecule has 0 amide bonds. The number of para-hydroxylation sites is 1. The van der Waals surface area contributed by atoms with Crippen LogP contribution in [0.1, 0.15) is 29.2 Å². The number of rotatable bonds is 2. The van der Waals surface area contributed by atoms with Crippen molar-refractivity contribution in [1.29, 1.82) is 0 Å². The van der Waals surface area contributed by atoms with E-state index in [0.29, 0.717) is 12.4 Å². The number of hydrogen-bond donors (Lipinski definition) is 0. The number of hydrogen-bond acceptors (Lipinski definition) is 3. The maximum absolute atomic E-state index is 5.82. The Hall–Kier alpha value is -3.56. The van der Waals surface area contributed by atoms with Crippen LogP contribution < -0.4 is 4.74 Å². The van der Waals surface area contributed by atoms with Crippen molar-refractivity contribution in [3.63, 3.8) is 0 Å². The molecule has 0 N–H and O–H groups in total. The van der Waals surface area contributed by atoms with Gasteiger partial charge in [-0.15, -0.1) is 0 Å². The van der Waals surface area contributed by atoms with Crippen LogP contribution in [0.2, 0.25) is 0 Å². The highest BCUT2D eigenvalue weighted by Gasteiger charge is 2.06. The molecular formula is C22H16N2O. The normalized spacial score (nSPS) is 9.32. The van der Waals surface area contributed by atoms with Crippen LogP contribution in [0, 0.1) is 23.7 Å². The molecule has 3 nitrogen and oxygen atoms in total. The molecule has 0 saturated heterocycles. The minimum atomic E-state index is 0.553. The zero-order valence-corrected chi connectivity index (χ0v) is 13.9. The average Bonchev–Trinajstić information content (AvgIpc) is 2.68. The lowest BCUT2D eigenvalue weighted by Crippen LogP contribution is -1.97. The fraction of sp³-hybridized carbons (Fsp3) is 0.0909. The van der Waals surface area contributed by atoms with E-state index in [1.165, 1.54) is 0 Å². The van der Waals surface area contributed by atoms with Gasteiger partial charge in [0.2, 0.25) is 0 Å². The summed E-state index contributed by atoms with van der Waals surface area (Å²) in [4.78, 5) is 8.00. The fourth-order valence-electron chi connectivity index (χ4n) is 2.18.